The number of alkyl halides is 3. The lowest BCUT2D eigenvalue weighted by Crippen LogP contribution is -2.42. The summed E-state index contributed by atoms with van der Waals surface area (Å²) in [7, 11) is 0. The Balaban J connectivity index is 2.31. The third kappa shape index (κ3) is 4.72. The summed E-state index contributed by atoms with van der Waals surface area (Å²) in [6, 6.07) is 4.16. The highest BCUT2D eigenvalue weighted by Gasteiger charge is 2.40. The van der Waals surface area contributed by atoms with E-state index in [1.807, 2.05) is 10.9 Å². The molecule has 0 unspecified atom stereocenters. The minimum Gasteiger partial charge on any atom is -0.273 e. The summed E-state index contributed by atoms with van der Waals surface area (Å²) >= 11 is 0. The highest BCUT2D eigenvalue weighted by atomic mass is 19.4. The normalized spacial score (nSPS) is 11.0. The van der Waals surface area contributed by atoms with E-state index >= 15 is 0 Å². The molecule has 9 nitrogen and oxygen atoms in total. The van der Waals surface area contributed by atoms with Crippen molar-refractivity contribution in [1.82, 2.24) is 20.6 Å². The Morgan fingerprint density at radius 3 is 2.43 bits per heavy atom. The van der Waals surface area contributed by atoms with Crippen LogP contribution in [-0.4, -0.2) is 26.5 Å². The van der Waals surface area contributed by atoms with Crippen molar-refractivity contribution in [3.63, 3.8) is 0 Å². The molecule has 0 radical (unpaired) electrons. The van der Waals surface area contributed by atoms with Crippen LogP contribution >= 0.6 is 0 Å². The number of hydrogen-bond acceptors (Lipinski definition) is 5. The molecular weight excluding hydrogens is 383 g/mol. The van der Waals surface area contributed by atoms with Crippen LogP contribution < -0.4 is 10.9 Å². The Morgan fingerprint density at radius 2 is 1.89 bits per heavy atom. The zero-order valence-corrected chi connectivity index (χ0v) is 14.2. The number of allylic oxidation sites excluding steroid dienone is 1. The second kappa shape index (κ2) is 8.33. The van der Waals surface area contributed by atoms with Crippen molar-refractivity contribution in [2.24, 2.45) is 0 Å². The summed E-state index contributed by atoms with van der Waals surface area (Å²) in [6.07, 6.45) is -2.48. The number of hydrazine groups is 1. The fourth-order valence-electron chi connectivity index (χ4n) is 2.19. The molecule has 1 aromatic heterocycles. The number of amides is 2. The molecule has 0 bridgehead atoms. The number of halogens is 3. The molecule has 1 heterocycles. The number of rotatable bonds is 6. The molecule has 2 amide bonds. The molecule has 0 spiro atoms. The largest absolute Gasteiger partial charge is 0.434 e. The van der Waals surface area contributed by atoms with Gasteiger partial charge in [-0.3, -0.25) is 30.6 Å². The van der Waals surface area contributed by atoms with Crippen molar-refractivity contribution >= 4 is 17.5 Å². The van der Waals surface area contributed by atoms with Crippen LogP contribution in [0.15, 0.2) is 43.1 Å². The lowest BCUT2D eigenvalue weighted by Gasteiger charge is -2.13. The van der Waals surface area contributed by atoms with E-state index in [0.29, 0.717) is 17.3 Å². The van der Waals surface area contributed by atoms with Gasteiger partial charge in [-0.25, -0.2) is 4.68 Å². The van der Waals surface area contributed by atoms with Crippen molar-refractivity contribution in [1.29, 1.82) is 0 Å². The third-order valence-electron chi connectivity index (χ3n) is 3.48. The number of carbonyl (C=O) groups excluding carboxylic acids is 2. The van der Waals surface area contributed by atoms with E-state index in [1.165, 1.54) is 6.08 Å². The number of nitro benzene ring substituents is 1. The van der Waals surface area contributed by atoms with Crippen molar-refractivity contribution < 1.29 is 27.7 Å². The van der Waals surface area contributed by atoms with Gasteiger partial charge in [-0.05, 0) is 18.6 Å². The smallest absolute Gasteiger partial charge is 0.273 e. The van der Waals surface area contributed by atoms with Crippen LogP contribution in [0.2, 0.25) is 0 Å². The van der Waals surface area contributed by atoms with Gasteiger partial charge in [0.15, 0.2) is 5.69 Å². The third-order valence-corrected chi connectivity index (χ3v) is 3.48. The molecule has 1 aromatic carbocycles. The summed E-state index contributed by atoms with van der Waals surface area (Å²) in [5.41, 5.74) is 1.23. The van der Waals surface area contributed by atoms with Gasteiger partial charge in [0.25, 0.3) is 11.6 Å². The van der Waals surface area contributed by atoms with Gasteiger partial charge < -0.3 is 0 Å². The first-order chi connectivity index (χ1) is 13.1. The van der Waals surface area contributed by atoms with Gasteiger partial charge in [-0.2, -0.15) is 18.3 Å². The molecule has 0 fully saturated rings. The molecule has 0 atom stereocenters. The average molecular weight is 397 g/mol. The first-order valence-electron chi connectivity index (χ1n) is 7.75. The standard InChI is InChI=1S/C16H14F3N5O4/c1-2-3-4-13(25)21-22-15(26)12-9-20-23(14(12)16(17,18)19)10-5-7-11(8-6-10)24(27)28/h2,5-9H,1,3-4H2,(H,21,25)(H,22,26). The van der Waals surface area contributed by atoms with Crippen LogP contribution in [0.1, 0.15) is 28.9 Å². The van der Waals surface area contributed by atoms with Gasteiger partial charge in [0.1, 0.15) is 0 Å². The van der Waals surface area contributed by atoms with Crippen molar-refractivity contribution in [2.75, 3.05) is 0 Å². The highest BCUT2D eigenvalue weighted by Crippen LogP contribution is 2.33. The van der Waals surface area contributed by atoms with Crippen LogP contribution in [0.4, 0.5) is 18.9 Å². The molecule has 0 aliphatic heterocycles. The van der Waals surface area contributed by atoms with Gasteiger partial charge >= 0.3 is 6.18 Å². The Labute approximate surface area is 156 Å². The average Bonchev–Trinajstić information content (AvgIpc) is 3.10. The predicted octanol–water partition coefficient (Wildman–Crippen LogP) is 2.53. The molecular formula is C16H14F3N5O4. The molecule has 2 N–H and O–H groups in total. The zero-order chi connectivity index (χ0) is 20.9. The molecule has 0 aliphatic rings. The van der Waals surface area contributed by atoms with Crippen LogP contribution in [0.5, 0.6) is 0 Å². The molecule has 12 heteroatoms. The highest BCUT2D eigenvalue weighted by molar-refractivity contribution is 5.96. The SMILES string of the molecule is C=CCCC(=O)NNC(=O)c1cnn(-c2ccc([N+](=O)[O-])cc2)c1C(F)(F)F. The quantitative estimate of drug-likeness (QED) is 0.441. The van der Waals surface area contributed by atoms with Crippen molar-refractivity contribution in [3.8, 4) is 5.69 Å². The predicted molar refractivity (Wildman–Crippen MR) is 90.3 cm³/mol. The lowest BCUT2D eigenvalue weighted by atomic mass is 10.2. The topological polar surface area (TPSA) is 119 Å². The van der Waals surface area contributed by atoms with Crippen LogP contribution in [0.25, 0.3) is 5.69 Å². The number of carbonyl (C=O) groups is 2. The number of non-ortho nitro benzene ring substituents is 1. The molecule has 28 heavy (non-hydrogen) atoms. The zero-order valence-electron chi connectivity index (χ0n) is 14.2. The van der Waals surface area contributed by atoms with Gasteiger partial charge in [0, 0.05) is 18.6 Å². The Kier molecular flexibility index (Phi) is 6.13. The summed E-state index contributed by atoms with van der Waals surface area (Å²) in [5.74, 6) is -1.82. The number of benzene rings is 1. The molecule has 0 saturated heterocycles. The summed E-state index contributed by atoms with van der Waals surface area (Å²) in [4.78, 5) is 33.5. The summed E-state index contributed by atoms with van der Waals surface area (Å²) in [5, 5.41) is 14.2. The number of nitrogens with zero attached hydrogens (tertiary/aromatic N) is 3. The van der Waals surface area contributed by atoms with Crippen molar-refractivity contribution in [2.45, 2.75) is 19.0 Å². The number of nitro groups is 1. The van der Waals surface area contributed by atoms with Crippen LogP contribution in [0, 0.1) is 10.1 Å². The monoisotopic (exact) mass is 397 g/mol. The summed E-state index contributed by atoms with van der Waals surface area (Å²) in [6.45, 7) is 3.42. The van der Waals surface area contributed by atoms with Gasteiger partial charge in [-0.1, -0.05) is 6.08 Å². The molecule has 0 aliphatic carbocycles. The first-order valence-corrected chi connectivity index (χ1v) is 7.75. The van der Waals surface area contributed by atoms with Gasteiger partial charge in [0.05, 0.1) is 22.4 Å². The fourth-order valence-corrected chi connectivity index (χ4v) is 2.19. The Hall–Kier alpha value is -3.70. The van der Waals surface area contributed by atoms with Gasteiger partial charge in [0.2, 0.25) is 5.91 Å². The number of nitrogens with one attached hydrogen (secondary N) is 2. The molecule has 2 rings (SSSR count). The minimum atomic E-state index is -4.96. The molecule has 0 saturated carbocycles. The van der Waals surface area contributed by atoms with E-state index in [9.17, 15) is 32.9 Å². The van der Waals surface area contributed by atoms with Crippen LogP contribution in [-0.2, 0) is 11.0 Å². The second-order valence-electron chi connectivity index (χ2n) is 5.42. The van der Waals surface area contributed by atoms with E-state index < -0.39 is 34.2 Å². The van der Waals surface area contributed by atoms with E-state index in [0.717, 1.165) is 24.3 Å². The Morgan fingerprint density at radius 1 is 1.25 bits per heavy atom. The molecule has 2 aromatic rings. The van der Waals surface area contributed by atoms with E-state index in [2.05, 4.69) is 11.7 Å². The van der Waals surface area contributed by atoms with E-state index in [-0.39, 0.29) is 17.8 Å². The Bertz CT molecular complexity index is 906. The molecule has 148 valence electrons. The lowest BCUT2D eigenvalue weighted by molar-refractivity contribution is -0.384. The minimum absolute atomic E-state index is 0.00202. The van der Waals surface area contributed by atoms with Gasteiger partial charge in [-0.15, -0.1) is 6.58 Å². The number of hydrogen-bond donors (Lipinski definition) is 2. The second-order valence-corrected chi connectivity index (χ2v) is 5.42. The fraction of sp³-hybridized carbons (Fsp3) is 0.188. The maximum atomic E-state index is 13.5. The van der Waals surface area contributed by atoms with E-state index in [4.69, 9.17) is 0 Å². The van der Waals surface area contributed by atoms with Crippen LogP contribution in [0.3, 0.4) is 0 Å². The maximum absolute atomic E-state index is 13.5. The first kappa shape index (κ1) is 20.6. The summed E-state index contributed by atoms with van der Waals surface area (Å²) < 4.78 is 41.0. The van der Waals surface area contributed by atoms with Crippen molar-refractivity contribution in [3.05, 3.63) is 64.5 Å². The number of aromatic nitrogens is 2. The van der Waals surface area contributed by atoms with E-state index in [1.54, 1.807) is 0 Å². The maximum Gasteiger partial charge on any atom is 0.434 e.